The Morgan fingerprint density at radius 3 is 2.62 bits per heavy atom. The quantitative estimate of drug-likeness (QED) is 0.544. The van der Waals surface area contributed by atoms with Crippen LogP contribution in [0.15, 0.2) is 18.2 Å². The molecular formula is C14H19N3O4. The molecule has 114 valence electrons. The van der Waals surface area contributed by atoms with E-state index >= 15 is 0 Å². The molecule has 0 atom stereocenters. The highest BCUT2D eigenvalue weighted by molar-refractivity contribution is 5.94. The third kappa shape index (κ3) is 3.30. The molecule has 1 aromatic carbocycles. The summed E-state index contributed by atoms with van der Waals surface area (Å²) in [6.45, 7) is 0.535. The number of anilines is 1. The molecule has 0 bridgehead atoms. The number of nitrogens with zero attached hydrogens (tertiary/aromatic N) is 1. The second kappa shape index (κ2) is 6.09. The van der Waals surface area contributed by atoms with Crippen molar-refractivity contribution in [1.82, 2.24) is 0 Å². The molecule has 1 aliphatic rings. The van der Waals surface area contributed by atoms with E-state index in [9.17, 15) is 20.0 Å². The van der Waals surface area contributed by atoms with Gasteiger partial charge < -0.3 is 16.2 Å². The van der Waals surface area contributed by atoms with E-state index in [0.717, 1.165) is 25.7 Å². The second-order valence-electron chi connectivity index (χ2n) is 5.57. The summed E-state index contributed by atoms with van der Waals surface area (Å²) in [5.74, 6) is -0.702. The van der Waals surface area contributed by atoms with Gasteiger partial charge in [0, 0.05) is 23.6 Å². The Balaban J connectivity index is 2.19. The minimum atomic E-state index is -0.702. The molecule has 0 radical (unpaired) electrons. The van der Waals surface area contributed by atoms with Crippen LogP contribution in [0.4, 0.5) is 11.4 Å². The van der Waals surface area contributed by atoms with E-state index in [2.05, 4.69) is 5.32 Å². The molecular weight excluding hydrogens is 274 g/mol. The summed E-state index contributed by atoms with van der Waals surface area (Å²) in [6.07, 6.45) is 3.93. The van der Waals surface area contributed by atoms with Crippen LogP contribution < -0.4 is 11.1 Å². The minimum absolute atomic E-state index is 0.0627. The van der Waals surface area contributed by atoms with Gasteiger partial charge in [-0.05, 0) is 25.0 Å². The summed E-state index contributed by atoms with van der Waals surface area (Å²) >= 11 is 0. The van der Waals surface area contributed by atoms with Crippen LogP contribution in [-0.2, 0) is 0 Å². The lowest BCUT2D eigenvalue weighted by atomic mass is 9.87. The number of nitrogens with one attached hydrogen (secondary N) is 1. The molecule has 0 aliphatic heterocycles. The highest BCUT2D eigenvalue weighted by atomic mass is 16.6. The zero-order valence-electron chi connectivity index (χ0n) is 11.7. The van der Waals surface area contributed by atoms with E-state index in [1.54, 1.807) is 0 Å². The highest BCUT2D eigenvalue weighted by Gasteiger charge is 2.33. The maximum atomic E-state index is 11.1. The van der Waals surface area contributed by atoms with Crippen molar-refractivity contribution in [3.8, 4) is 0 Å². The van der Waals surface area contributed by atoms with Gasteiger partial charge in [0.05, 0.1) is 11.5 Å². The first kappa shape index (κ1) is 15.2. The van der Waals surface area contributed by atoms with Gasteiger partial charge in [0.2, 0.25) is 5.91 Å². The molecule has 1 aliphatic carbocycles. The van der Waals surface area contributed by atoms with Crippen molar-refractivity contribution in [3.05, 3.63) is 33.9 Å². The van der Waals surface area contributed by atoms with Crippen molar-refractivity contribution in [3.63, 3.8) is 0 Å². The Labute approximate surface area is 122 Å². The van der Waals surface area contributed by atoms with E-state index in [0.29, 0.717) is 12.2 Å². The third-order valence-corrected chi connectivity index (χ3v) is 4.13. The fourth-order valence-electron chi connectivity index (χ4n) is 2.78. The van der Waals surface area contributed by atoms with Gasteiger partial charge in [-0.2, -0.15) is 0 Å². The van der Waals surface area contributed by atoms with Gasteiger partial charge >= 0.3 is 0 Å². The number of amides is 1. The van der Waals surface area contributed by atoms with Crippen molar-refractivity contribution in [2.45, 2.75) is 25.7 Å². The zero-order valence-corrected chi connectivity index (χ0v) is 11.7. The van der Waals surface area contributed by atoms with Gasteiger partial charge in [0.25, 0.3) is 5.69 Å². The molecule has 1 aromatic rings. The number of nitrogens with two attached hydrogens (primary N) is 1. The number of nitro groups is 1. The fraction of sp³-hybridized carbons (Fsp3) is 0.500. The van der Waals surface area contributed by atoms with Crippen molar-refractivity contribution >= 4 is 17.3 Å². The maximum Gasteiger partial charge on any atom is 0.293 e. The standard InChI is InChI=1S/C14H19N3O4/c15-13(19)10-3-4-11(12(7-10)17(20)21)16-8-14(9-18)5-1-2-6-14/h3-4,7,16,18H,1-2,5-6,8-9H2,(H2,15,19). The van der Waals surface area contributed by atoms with Crippen LogP contribution in [0.25, 0.3) is 0 Å². The number of nitro benzene ring substituents is 1. The third-order valence-electron chi connectivity index (χ3n) is 4.13. The average Bonchev–Trinajstić information content (AvgIpc) is 2.94. The van der Waals surface area contributed by atoms with Crippen LogP contribution in [0.3, 0.4) is 0 Å². The first-order valence-corrected chi connectivity index (χ1v) is 6.90. The molecule has 0 saturated heterocycles. The Hall–Kier alpha value is -2.15. The molecule has 0 unspecified atom stereocenters. The van der Waals surface area contributed by atoms with Crippen molar-refractivity contribution in [2.75, 3.05) is 18.5 Å². The van der Waals surface area contributed by atoms with E-state index in [-0.39, 0.29) is 23.3 Å². The van der Waals surface area contributed by atoms with Crippen LogP contribution in [0.5, 0.6) is 0 Å². The first-order chi connectivity index (χ1) is 9.97. The highest BCUT2D eigenvalue weighted by Crippen LogP contribution is 2.38. The normalized spacial score (nSPS) is 16.6. The van der Waals surface area contributed by atoms with Gasteiger partial charge in [0.15, 0.2) is 0 Å². The Kier molecular flexibility index (Phi) is 4.42. The largest absolute Gasteiger partial charge is 0.396 e. The van der Waals surface area contributed by atoms with Gasteiger partial charge in [-0.1, -0.05) is 12.8 Å². The molecule has 7 nitrogen and oxygen atoms in total. The lowest BCUT2D eigenvalue weighted by molar-refractivity contribution is -0.384. The number of benzene rings is 1. The van der Waals surface area contributed by atoms with Gasteiger partial charge in [-0.25, -0.2) is 0 Å². The number of carbonyl (C=O) groups is 1. The molecule has 4 N–H and O–H groups in total. The van der Waals surface area contributed by atoms with E-state index in [1.807, 2.05) is 0 Å². The fourth-order valence-corrected chi connectivity index (χ4v) is 2.78. The predicted molar refractivity (Wildman–Crippen MR) is 78.1 cm³/mol. The average molecular weight is 293 g/mol. The lowest BCUT2D eigenvalue weighted by Gasteiger charge is -2.27. The molecule has 0 heterocycles. The lowest BCUT2D eigenvalue weighted by Crippen LogP contribution is -2.30. The number of carbonyl (C=O) groups excluding carboxylic acids is 1. The molecule has 1 saturated carbocycles. The Bertz CT molecular complexity index is 553. The molecule has 2 rings (SSSR count). The Morgan fingerprint density at radius 2 is 2.10 bits per heavy atom. The van der Waals surface area contributed by atoms with Crippen molar-refractivity contribution < 1.29 is 14.8 Å². The van der Waals surface area contributed by atoms with Crippen molar-refractivity contribution in [2.24, 2.45) is 11.1 Å². The molecule has 1 fully saturated rings. The summed E-state index contributed by atoms with van der Waals surface area (Å²) in [4.78, 5) is 21.7. The summed E-state index contributed by atoms with van der Waals surface area (Å²) in [5.41, 5.74) is 5.18. The first-order valence-electron chi connectivity index (χ1n) is 6.90. The Morgan fingerprint density at radius 1 is 1.43 bits per heavy atom. The molecule has 0 aromatic heterocycles. The van der Waals surface area contributed by atoms with Crippen LogP contribution in [0, 0.1) is 15.5 Å². The van der Waals surface area contributed by atoms with Crippen molar-refractivity contribution in [1.29, 1.82) is 0 Å². The molecule has 1 amide bonds. The van der Waals surface area contributed by atoms with Crippen LogP contribution in [0.2, 0.25) is 0 Å². The number of hydrogen-bond donors (Lipinski definition) is 3. The SMILES string of the molecule is NC(=O)c1ccc(NCC2(CO)CCCC2)c([N+](=O)[O-])c1. The molecule has 7 heteroatoms. The topological polar surface area (TPSA) is 118 Å². The summed E-state index contributed by atoms with van der Waals surface area (Å²) in [6, 6.07) is 4.11. The minimum Gasteiger partial charge on any atom is -0.396 e. The maximum absolute atomic E-state index is 11.1. The molecule has 0 spiro atoms. The number of aliphatic hydroxyl groups is 1. The number of aliphatic hydroxyl groups excluding tert-OH is 1. The second-order valence-corrected chi connectivity index (χ2v) is 5.57. The number of rotatable bonds is 6. The monoisotopic (exact) mass is 293 g/mol. The number of hydrogen-bond acceptors (Lipinski definition) is 5. The van der Waals surface area contributed by atoms with E-state index < -0.39 is 10.8 Å². The van der Waals surface area contributed by atoms with Crippen LogP contribution >= 0.6 is 0 Å². The predicted octanol–water partition coefficient (Wildman–Crippen LogP) is 1.66. The zero-order chi connectivity index (χ0) is 15.5. The summed E-state index contributed by atoms with van der Waals surface area (Å²) in [5, 5.41) is 23.7. The van der Waals surface area contributed by atoms with Crippen LogP contribution in [-0.4, -0.2) is 29.1 Å². The van der Waals surface area contributed by atoms with Gasteiger partial charge in [0.1, 0.15) is 5.69 Å². The smallest absolute Gasteiger partial charge is 0.293 e. The number of primary amides is 1. The van der Waals surface area contributed by atoms with Gasteiger partial charge in [-0.3, -0.25) is 14.9 Å². The summed E-state index contributed by atoms with van der Waals surface area (Å²) < 4.78 is 0. The van der Waals surface area contributed by atoms with Crippen LogP contribution in [0.1, 0.15) is 36.0 Å². The van der Waals surface area contributed by atoms with E-state index in [1.165, 1.54) is 18.2 Å². The van der Waals surface area contributed by atoms with Gasteiger partial charge in [-0.15, -0.1) is 0 Å². The molecule has 21 heavy (non-hydrogen) atoms. The van der Waals surface area contributed by atoms with E-state index in [4.69, 9.17) is 5.73 Å². The summed E-state index contributed by atoms with van der Waals surface area (Å²) in [7, 11) is 0.